The highest BCUT2D eigenvalue weighted by Crippen LogP contribution is 2.43. The number of rotatable bonds is 0. The Bertz CT molecular complexity index is 943. The quantitative estimate of drug-likeness (QED) is 0.728. The monoisotopic (exact) mass is 356 g/mol. The van der Waals surface area contributed by atoms with Crippen LogP contribution in [0.5, 0.6) is 0 Å². The first kappa shape index (κ1) is 15.6. The zero-order valence-electron chi connectivity index (χ0n) is 14.9. The van der Waals surface area contributed by atoms with Gasteiger partial charge in [-0.15, -0.1) is 11.3 Å². The molecule has 1 fully saturated rings. The third-order valence-corrected chi connectivity index (χ3v) is 7.39. The number of fused-ring (bicyclic) bond motifs is 6. The van der Waals surface area contributed by atoms with Gasteiger partial charge in [-0.2, -0.15) is 0 Å². The molecule has 2 atom stereocenters. The SMILES string of the molecule is C=C1[C@H]2CCC[C@H]2n2c(nc3sc4c(c3c2=O)CCN(C)C4)CN1C. The first-order chi connectivity index (χ1) is 12.0. The van der Waals surface area contributed by atoms with Gasteiger partial charge in [0.25, 0.3) is 5.56 Å². The van der Waals surface area contributed by atoms with Crippen LogP contribution in [0.4, 0.5) is 0 Å². The molecule has 0 bridgehead atoms. The molecule has 0 amide bonds. The molecule has 4 heterocycles. The number of hydrogen-bond donors (Lipinski definition) is 0. The van der Waals surface area contributed by atoms with Crippen LogP contribution in [-0.2, 0) is 19.5 Å². The number of aromatic nitrogens is 2. The van der Waals surface area contributed by atoms with Crippen LogP contribution in [0.15, 0.2) is 17.1 Å². The van der Waals surface area contributed by atoms with Crippen LogP contribution in [0.1, 0.15) is 41.6 Å². The molecular formula is C19H24N4OS. The van der Waals surface area contributed by atoms with Crippen molar-refractivity contribution in [2.75, 3.05) is 20.6 Å². The lowest BCUT2D eigenvalue weighted by atomic mass is 9.99. The molecule has 2 aromatic heterocycles. The molecule has 6 heteroatoms. The van der Waals surface area contributed by atoms with Gasteiger partial charge in [-0.3, -0.25) is 9.36 Å². The van der Waals surface area contributed by atoms with E-state index in [0.29, 0.717) is 12.5 Å². The minimum atomic E-state index is 0.196. The van der Waals surface area contributed by atoms with Crippen molar-refractivity contribution in [1.82, 2.24) is 19.4 Å². The largest absolute Gasteiger partial charge is 0.371 e. The van der Waals surface area contributed by atoms with Crippen molar-refractivity contribution in [2.24, 2.45) is 5.92 Å². The van der Waals surface area contributed by atoms with Crippen LogP contribution in [0, 0.1) is 5.92 Å². The van der Waals surface area contributed by atoms with Crippen molar-refractivity contribution in [3.05, 3.63) is 38.9 Å². The number of hydrogen-bond acceptors (Lipinski definition) is 5. The summed E-state index contributed by atoms with van der Waals surface area (Å²) in [5.41, 5.74) is 2.62. The normalized spacial score (nSPS) is 26.5. The second-order valence-electron chi connectivity index (χ2n) is 7.83. The highest BCUT2D eigenvalue weighted by atomic mass is 32.1. The standard InChI is InChI=1S/C19H24N4OS/c1-11-12-5-4-6-14(12)23-16(10-22(11)3)20-18-17(19(23)24)13-7-8-21(2)9-15(13)25-18/h12,14H,1,4-10H2,2-3H3/t12-,14-/m1/s1. The smallest absolute Gasteiger partial charge is 0.262 e. The van der Waals surface area contributed by atoms with E-state index in [9.17, 15) is 4.79 Å². The van der Waals surface area contributed by atoms with Crippen molar-refractivity contribution >= 4 is 21.6 Å². The van der Waals surface area contributed by atoms with Crippen molar-refractivity contribution in [3.63, 3.8) is 0 Å². The molecule has 25 heavy (non-hydrogen) atoms. The number of nitrogens with zero attached hydrogens (tertiary/aromatic N) is 4. The lowest BCUT2D eigenvalue weighted by molar-refractivity contribution is 0.317. The predicted octanol–water partition coefficient (Wildman–Crippen LogP) is 2.75. The molecule has 132 valence electrons. The second kappa shape index (κ2) is 5.42. The van der Waals surface area contributed by atoms with E-state index in [4.69, 9.17) is 4.98 Å². The molecule has 0 unspecified atom stereocenters. The molecule has 2 aliphatic heterocycles. The molecule has 0 N–H and O–H groups in total. The minimum absolute atomic E-state index is 0.196. The Morgan fingerprint density at radius 3 is 2.92 bits per heavy atom. The minimum Gasteiger partial charge on any atom is -0.371 e. The van der Waals surface area contributed by atoms with E-state index in [1.54, 1.807) is 11.3 Å². The Labute approximate surface area is 151 Å². The van der Waals surface area contributed by atoms with Gasteiger partial charge in [-0.25, -0.2) is 4.98 Å². The third-order valence-electron chi connectivity index (χ3n) is 6.28. The fourth-order valence-corrected chi connectivity index (χ4v) is 6.22. The zero-order valence-corrected chi connectivity index (χ0v) is 15.7. The summed E-state index contributed by atoms with van der Waals surface area (Å²) in [4.78, 5) is 25.3. The van der Waals surface area contributed by atoms with Crippen LogP contribution in [0.25, 0.3) is 10.2 Å². The van der Waals surface area contributed by atoms with Crippen LogP contribution in [0.3, 0.4) is 0 Å². The van der Waals surface area contributed by atoms with E-state index in [0.717, 1.165) is 48.4 Å². The molecule has 2 aromatic rings. The van der Waals surface area contributed by atoms with Crippen LogP contribution in [0.2, 0.25) is 0 Å². The third kappa shape index (κ3) is 2.16. The van der Waals surface area contributed by atoms with E-state index < -0.39 is 0 Å². The van der Waals surface area contributed by atoms with Crippen molar-refractivity contribution in [3.8, 4) is 0 Å². The lowest BCUT2D eigenvalue weighted by Crippen LogP contribution is -2.31. The summed E-state index contributed by atoms with van der Waals surface area (Å²) < 4.78 is 2.04. The first-order valence-corrected chi connectivity index (χ1v) is 10.0. The van der Waals surface area contributed by atoms with Gasteiger partial charge < -0.3 is 9.80 Å². The molecule has 0 aromatic carbocycles. The molecule has 5 rings (SSSR count). The topological polar surface area (TPSA) is 41.4 Å². The van der Waals surface area contributed by atoms with E-state index in [-0.39, 0.29) is 11.6 Å². The first-order valence-electron chi connectivity index (χ1n) is 9.18. The van der Waals surface area contributed by atoms with Gasteiger partial charge in [0.2, 0.25) is 0 Å². The van der Waals surface area contributed by atoms with E-state index >= 15 is 0 Å². The Hall–Kier alpha value is -1.66. The Morgan fingerprint density at radius 2 is 2.08 bits per heavy atom. The highest BCUT2D eigenvalue weighted by molar-refractivity contribution is 7.18. The molecular weight excluding hydrogens is 332 g/mol. The summed E-state index contributed by atoms with van der Waals surface area (Å²) in [5.74, 6) is 1.30. The molecule has 3 aliphatic rings. The average Bonchev–Trinajstić information content (AvgIpc) is 3.15. The molecule has 1 saturated carbocycles. The van der Waals surface area contributed by atoms with Crippen molar-refractivity contribution in [2.45, 2.75) is 44.8 Å². The van der Waals surface area contributed by atoms with E-state index in [1.807, 2.05) is 4.57 Å². The maximum Gasteiger partial charge on any atom is 0.262 e. The summed E-state index contributed by atoms with van der Waals surface area (Å²) in [5, 5.41) is 0.901. The van der Waals surface area contributed by atoms with Crippen molar-refractivity contribution in [1.29, 1.82) is 0 Å². The maximum absolute atomic E-state index is 13.6. The summed E-state index contributed by atoms with van der Waals surface area (Å²) in [7, 11) is 4.23. The number of allylic oxidation sites excluding steroid dienone is 1. The zero-order chi connectivity index (χ0) is 17.3. The van der Waals surface area contributed by atoms with Gasteiger partial charge in [-0.1, -0.05) is 13.0 Å². The van der Waals surface area contributed by atoms with Gasteiger partial charge in [-0.05, 0) is 31.9 Å². The predicted molar refractivity (Wildman–Crippen MR) is 101 cm³/mol. The summed E-state index contributed by atoms with van der Waals surface area (Å²) >= 11 is 1.72. The van der Waals surface area contributed by atoms with Crippen molar-refractivity contribution < 1.29 is 0 Å². The Morgan fingerprint density at radius 1 is 1.24 bits per heavy atom. The molecule has 5 nitrogen and oxygen atoms in total. The van der Waals surface area contributed by atoms with Crippen LogP contribution in [-0.4, -0.2) is 40.0 Å². The Balaban J connectivity index is 1.77. The van der Waals surface area contributed by atoms with Crippen LogP contribution >= 0.6 is 11.3 Å². The summed E-state index contributed by atoms with van der Waals surface area (Å²) in [6.45, 7) is 6.96. The molecule has 0 spiro atoms. The van der Waals surface area contributed by atoms with E-state index in [2.05, 4.69) is 30.5 Å². The second-order valence-corrected chi connectivity index (χ2v) is 8.91. The molecule has 0 saturated heterocycles. The lowest BCUT2D eigenvalue weighted by Gasteiger charge is -2.25. The van der Waals surface area contributed by atoms with Gasteiger partial charge >= 0.3 is 0 Å². The Kier molecular flexibility index (Phi) is 3.38. The number of thiophene rings is 1. The van der Waals surface area contributed by atoms with Gasteiger partial charge in [0.15, 0.2) is 0 Å². The summed E-state index contributed by atoms with van der Waals surface area (Å²) in [6.07, 6.45) is 4.32. The maximum atomic E-state index is 13.6. The fraction of sp³-hybridized carbons (Fsp3) is 0.579. The molecule has 1 aliphatic carbocycles. The average molecular weight is 356 g/mol. The highest BCUT2D eigenvalue weighted by Gasteiger charge is 2.38. The fourth-order valence-electron chi connectivity index (χ4n) is 4.91. The van der Waals surface area contributed by atoms with Gasteiger partial charge in [0, 0.05) is 42.7 Å². The molecule has 0 radical (unpaired) electrons. The van der Waals surface area contributed by atoms with Gasteiger partial charge in [0.1, 0.15) is 10.7 Å². The number of likely N-dealkylation sites (N-methyl/N-ethyl adjacent to an activating group) is 1. The summed E-state index contributed by atoms with van der Waals surface area (Å²) in [6, 6.07) is 0.235. The van der Waals surface area contributed by atoms with E-state index in [1.165, 1.54) is 22.6 Å². The van der Waals surface area contributed by atoms with Crippen LogP contribution < -0.4 is 5.56 Å². The van der Waals surface area contributed by atoms with Gasteiger partial charge in [0.05, 0.1) is 11.9 Å².